The molecule has 2 aromatic rings. The molecular weight excluding hydrogens is 303 g/mol. The lowest BCUT2D eigenvalue weighted by atomic mass is 10.0. The van der Waals surface area contributed by atoms with Crippen molar-refractivity contribution in [3.8, 4) is 0 Å². The molecule has 0 saturated carbocycles. The van der Waals surface area contributed by atoms with Crippen LogP contribution in [0.4, 0.5) is 13.2 Å². The zero-order chi connectivity index (χ0) is 15.6. The number of alkyl halides is 3. The fraction of sp³-hybridized carbons (Fsp3) is 0.357. The number of nitrogens with one attached hydrogen (secondary N) is 1. The van der Waals surface area contributed by atoms with Gasteiger partial charge in [0.15, 0.2) is 0 Å². The molecule has 0 bridgehead atoms. The fourth-order valence-electron chi connectivity index (χ4n) is 2.22. The summed E-state index contributed by atoms with van der Waals surface area (Å²) in [5, 5.41) is 7.60. The van der Waals surface area contributed by atoms with E-state index in [9.17, 15) is 13.2 Å². The molecule has 114 valence electrons. The van der Waals surface area contributed by atoms with E-state index < -0.39 is 17.8 Å². The predicted molar refractivity (Wildman–Crippen MR) is 75.2 cm³/mol. The second kappa shape index (κ2) is 6.07. The van der Waals surface area contributed by atoms with E-state index in [4.69, 9.17) is 11.6 Å². The highest BCUT2D eigenvalue weighted by molar-refractivity contribution is 6.31. The molecule has 0 amide bonds. The number of aromatic nitrogens is 2. The van der Waals surface area contributed by atoms with Gasteiger partial charge in [-0.2, -0.15) is 18.3 Å². The third-order valence-electron chi connectivity index (χ3n) is 3.17. The first-order chi connectivity index (χ1) is 9.84. The predicted octanol–water partition coefficient (Wildman–Crippen LogP) is 3.79. The van der Waals surface area contributed by atoms with Gasteiger partial charge in [0.1, 0.15) is 0 Å². The molecule has 1 heterocycles. The Morgan fingerprint density at radius 3 is 2.62 bits per heavy atom. The summed E-state index contributed by atoms with van der Waals surface area (Å²) in [4.78, 5) is 0. The van der Waals surface area contributed by atoms with Crippen molar-refractivity contribution in [1.82, 2.24) is 15.1 Å². The topological polar surface area (TPSA) is 29.9 Å². The van der Waals surface area contributed by atoms with Gasteiger partial charge in [-0.25, -0.2) is 0 Å². The van der Waals surface area contributed by atoms with Gasteiger partial charge in [0.05, 0.1) is 28.5 Å². The van der Waals surface area contributed by atoms with Crippen LogP contribution in [-0.4, -0.2) is 16.3 Å². The Hall–Kier alpha value is -1.53. The molecule has 21 heavy (non-hydrogen) atoms. The lowest BCUT2D eigenvalue weighted by molar-refractivity contribution is -0.137. The second-order valence-electron chi connectivity index (χ2n) is 4.62. The van der Waals surface area contributed by atoms with E-state index in [0.29, 0.717) is 22.8 Å². The molecule has 1 atom stereocenters. The Balaban J connectivity index is 2.49. The Morgan fingerprint density at radius 1 is 1.38 bits per heavy atom. The van der Waals surface area contributed by atoms with Crippen molar-refractivity contribution in [1.29, 1.82) is 0 Å². The highest BCUT2D eigenvalue weighted by Crippen LogP contribution is 2.33. The molecule has 1 aromatic carbocycles. The summed E-state index contributed by atoms with van der Waals surface area (Å²) in [5.41, 5.74) is 0.455. The molecule has 0 saturated heterocycles. The van der Waals surface area contributed by atoms with Crippen LogP contribution < -0.4 is 5.32 Å². The van der Waals surface area contributed by atoms with Gasteiger partial charge in [0.25, 0.3) is 0 Å². The largest absolute Gasteiger partial charge is 0.416 e. The standard InChI is InChI=1S/C14H15ClF3N3/c1-3-19-12(13-11(15)8-20-21(13)2)9-5-4-6-10(7-9)14(16,17)18/h4-8,12,19H,3H2,1-2H3. The minimum absolute atomic E-state index is 0.417. The second-order valence-corrected chi connectivity index (χ2v) is 5.02. The summed E-state index contributed by atoms with van der Waals surface area (Å²) in [6.45, 7) is 2.47. The van der Waals surface area contributed by atoms with Crippen molar-refractivity contribution in [2.75, 3.05) is 6.54 Å². The molecule has 1 aromatic heterocycles. The monoisotopic (exact) mass is 317 g/mol. The summed E-state index contributed by atoms with van der Waals surface area (Å²) in [6, 6.07) is 4.78. The van der Waals surface area contributed by atoms with E-state index in [1.165, 1.54) is 12.3 Å². The Labute approximate surface area is 125 Å². The number of rotatable bonds is 4. The highest BCUT2D eigenvalue weighted by atomic mass is 35.5. The van der Waals surface area contributed by atoms with Crippen LogP contribution in [0.3, 0.4) is 0 Å². The number of benzene rings is 1. The molecule has 3 nitrogen and oxygen atoms in total. The summed E-state index contributed by atoms with van der Waals surface area (Å²) in [7, 11) is 1.71. The van der Waals surface area contributed by atoms with E-state index in [2.05, 4.69) is 10.4 Å². The zero-order valence-corrected chi connectivity index (χ0v) is 12.3. The first-order valence-electron chi connectivity index (χ1n) is 6.42. The van der Waals surface area contributed by atoms with Crippen LogP contribution >= 0.6 is 11.6 Å². The first-order valence-corrected chi connectivity index (χ1v) is 6.80. The smallest absolute Gasteiger partial charge is 0.305 e. The van der Waals surface area contributed by atoms with Gasteiger partial charge in [-0.15, -0.1) is 0 Å². The maximum atomic E-state index is 12.9. The maximum Gasteiger partial charge on any atom is 0.416 e. The molecule has 0 radical (unpaired) electrons. The number of hydrogen-bond acceptors (Lipinski definition) is 2. The lowest BCUT2D eigenvalue weighted by Gasteiger charge is -2.20. The van der Waals surface area contributed by atoms with Gasteiger partial charge in [-0.3, -0.25) is 4.68 Å². The third kappa shape index (κ3) is 3.39. The molecule has 0 spiro atoms. The van der Waals surface area contributed by atoms with Crippen LogP contribution in [-0.2, 0) is 13.2 Å². The zero-order valence-electron chi connectivity index (χ0n) is 11.6. The molecule has 0 fully saturated rings. The van der Waals surface area contributed by atoms with Gasteiger partial charge in [-0.1, -0.05) is 30.7 Å². The average Bonchev–Trinajstić information content (AvgIpc) is 2.75. The molecule has 1 unspecified atom stereocenters. The SMILES string of the molecule is CCNC(c1cccc(C(F)(F)F)c1)c1c(Cl)cnn1C. The molecule has 1 N–H and O–H groups in total. The van der Waals surface area contributed by atoms with Gasteiger partial charge >= 0.3 is 6.18 Å². The van der Waals surface area contributed by atoms with Crippen molar-refractivity contribution >= 4 is 11.6 Å². The number of nitrogens with zero attached hydrogens (tertiary/aromatic N) is 2. The van der Waals surface area contributed by atoms with E-state index >= 15 is 0 Å². The minimum atomic E-state index is -4.37. The molecule has 0 aliphatic carbocycles. The number of hydrogen-bond donors (Lipinski definition) is 1. The maximum absolute atomic E-state index is 12.9. The summed E-state index contributed by atoms with van der Waals surface area (Å²) >= 11 is 6.11. The third-order valence-corrected chi connectivity index (χ3v) is 3.46. The van der Waals surface area contributed by atoms with Crippen LogP contribution in [0.5, 0.6) is 0 Å². The van der Waals surface area contributed by atoms with E-state index in [0.717, 1.165) is 12.1 Å². The fourth-order valence-corrected chi connectivity index (χ4v) is 2.49. The molecule has 0 aliphatic heterocycles. The highest BCUT2D eigenvalue weighted by Gasteiger charge is 2.31. The van der Waals surface area contributed by atoms with E-state index in [1.54, 1.807) is 17.8 Å². The van der Waals surface area contributed by atoms with Gasteiger partial charge < -0.3 is 5.32 Å². The average molecular weight is 318 g/mol. The van der Waals surface area contributed by atoms with Crippen LogP contribution in [0.25, 0.3) is 0 Å². The van der Waals surface area contributed by atoms with E-state index in [-0.39, 0.29) is 0 Å². The Morgan fingerprint density at radius 2 is 2.10 bits per heavy atom. The molecular formula is C14H15ClF3N3. The lowest BCUT2D eigenvalue weighted by Crippen LogP contribution is -2.25. The van der Waals surface area contributed by atoms with Crippen LogP contribution in [0, 0.1) is 0 Å². The molecule has 0 aliphatic rings. The van der Waals surface area contributed by atoms with Crippen molar-refractivity contribution in [3.63, 3.8) is 0 Å². The quantitative estimate of drug-likeness (QED) is 0.929. The van der Waals surface area contributed by atoms with Crippen molar-refractivity contribution in [2.24, 2.45) is 7.05 Å². The number of aryl methyl sites for hydroxylation is 1. The minimum Gasteiger partial charge on any atom is -0.305 e. The normalized spacial score (nSPS) is 13.4. The molecule has 2 rings (SSSR count). The van der Waals surface area contributed by atoms with Gasteiger partial charge in [-0.05, 0) is 24.2 Å². The Bertz CT molecular complexity index is 603. The summed E-state index contributed by atoms with van der Waals surface area (Å²) in [6.07, 6.45) is -2.89. The van der Waals surface area contributed by atoms with Crippen molar-refractivity contribution < 1.29 is 13.2 Å². The summed E-state index contributed by atoms with van der Waals surface area (Å²) in [5.74, 6) is 0. The Kier molecular flexibility index (Phi) is 4.58. The van der Waals surface area contributed by atoms with Crippen LogP contribution in [0.1, 0.15) is 29.8 Å². The van der Waals surface area contributed by atoms with Crippen molar-refractivity contribution in [3.05, 3.63) is 52.3 Å². The van der Waals surface area contributed by atoms with Gasteiger partial charge in [0.2, 0.25) is 0 Å². The van der Waals surface area contributed by atoms with Gasteiger partial charge in [0, 0.05) is 7.05 Å². The van der Waals surface area contributed by atoms with Crippen LogP contribution in [0.2, 0.25) is 5.02 Å². The van der Waals surface area contributed by atoms with Crippen LogP contribution in [0.15, 0.2) is 30.5 Å². The molecule has 7 heteroatoms. The van der Waals surface area contributed by atoms with E-state index in [1.807, 2.05) is 6.92 Å². The number of halogens is 4. The first kappa shape index (κ1) is 15.9. The summed E-state index contributed by atoms with van der Waals surface area (Å²) < 4.78 is 40.1. The van der Waals surface area contributed by atoms with Crippen molar-refractivity contribution in [2.45, 2.75) is 19.1 Å².